The topological polar surface area (TPSA) is 81.8 Å². The van der Waals surface area contributed by atoms with Crippen molar-refractivity contribution in [3.8, 4) is 5.69 Å². The molecular weight excluding hydrogens is 378 g/mol. The third-order valence-corrected chi connectivity index (χ3v) is 4.69. The van der Waals surface area contributed by atoms with Gasteiger partial charge < -0.3 is 5.32 Å². The number of amides is 1. The number of nitrogens with zero attached hydrogens (tertiary/aromatic N) is 4. The van der Waals surface area contributed by atoms with Gasteiger partial charge in [-0.25, -0.2) is 9.67 Å². The maximum Gasteiger partial charge on any atom is 0.264 e. The molecule has 0 fully saturated rings. The first-order valence-corrected chi connectivity index (χ1v) is 8.96. The van der Waals surface area contributed by atoms with E-state index in [9.17, 15) is 9.59 Å². The fourth-order valence-electron chi connectivity index (χ4n) is 2.95. The van der Waals surface area contributed by atoms with Crippen molar-refractivity contribution in [2.45, 2.75) is 13.5 Å². The van der Waals surface area contributed by atoms with Crippen LogP contribution >= 0.6 is 11.6 Å². The molecule has 4 rings (SSSR count). The quantitative estimate of drug-likeness (QED) is 0.577. The van der Waals surface area contributed by atoms with E-state index in [1.54, 1.807) is 28.9 Å². The number of hydrogen-bond donors (Lipinski definition) is 1. The number of aromatic nitrogens is 4. The van der Waals surface area contributed by atoms with Crippen LogP contribution in [0, 0.1) is 6.92 Å². The molecule has 0 atom stereocenters. The lowest BCUT2D eigenvalue weighted by Crippen LogP contribution is -2.28. The second kappa shape index (κ2) is 7.28. The summed E-state index contributed by atoms with van der Waals surface area (Å²) in [6.07, 6.45) is 2.83. The summed E-state index contributed by atoms with van der Waals surface area (Å²) in [4.78, 5) is 29.4. The van der Waals surface area contributed by atoms with Crippen molar-refractivity contribution in [3.63, 3.8) is 0 Å². The van der Waals surface area contributed by atoms with E-state index >= 15 is 0 Å². The highest BCUT2D eigenvalue weighted by atomic mass is 35.5. The largest absolute Gasteiger partial charge is 0.323 e. The molecule has 0 saturated heterocycles. The Hall–Kier alpha value is -3.45. The van der Waals surface area contributed by atoms with E-state index < -0.39 is 0 Å². The highest BCUT2D eigenvalue weighted by Gasteiger charge is 2.14. The molecule has 0 spiro atoms. The normalized spacial score (nSPS) is 10.9. The first-order chi connectivity index (χ1) is 13.5. The minimum atomic E-state index is -0.373. The number of carbonyl (C=O) groups excluding carboxylic acids is 1. The SMILES string of the molecule is Cc1ccccc1-n1ncc2c(=O)n(CC(=O)Nc3ccccc3Cl)cnc21. The van der Waals surface area contributed by atoms with E-state index in [0.717, 1.165) is 11.3 Å². The number of benzene rings is 2. The van der Waals surface area contributed by atoms with E-state index in [0.29, 0.717) is 21.7 Å². The maximum absolute atomic E-state index is 12.8. The van der Waals surface area contributed by atoms with Gasteiger partial charge in [0.25, 0.3) is 5.56 Å². The Labute approximate surface area is 165 Å². The third-order valence-electron chi connectivity index (χ3n) is 4.36. The van der Waals surface area contributed by atoms with Gasteiger partial charge in [0.1, 0.15) is 18.3 Å². The van der Waals surface area contributed by atoms with Crippen LogP contribution in [0.1, 0.15) is 5.56 Å². The Balaban J connectivity index is 1.64. The average Bonchev–Trinajstić information content (AvgIpc) is 3.11. The maximum atomic E-state index is 12.8. The Morgan fingerprint density at radius 3 is 2.68 bits per heavy atom. The molecule has 0 unspecified atom stereocenters. The van der Waals surface area contributed by atoms with Crippen LogP contribution in [0.2, 0.25) is 5.02 Å². The lowest BCUT2D eigenvalue weighted by atomic mass is 10.2. The summed E-state index contributed by atoms with van der Waals surface area (Å²) >= 11 is 6.05. The lowest BCUT2D eigenvalue weighted by molar-refractivity contribution is -0.116. The van der Waals surface area contributed by atoms with E-state index in [4.69, 9.17) is 11.6 Å². The molecule has 2 aromatic carbocycles. The summed E-state index contributed by atoms with van der Waals surface area (Å²) < 4.78 is 2.87. The van der Waals surface area contributed by atoms with Gasteiger partial charge in [-0.05, 0) is 30.7 Å². The van der Waals surface area contributed by atoms with Crippen LogP contribution in [0.4, 0.5) is 5.69 Å². The lowest BCUT2D eigenvalue weighted by Gasteiger charge is -2.09. The second-order valence-electron chi connectivity index (χ2n) is 6.29. The number of rotatable bonds is 4. The fraction of sp³-hybridized carbons (Fsp3) is 0.100. The molecule has 0 aliphatic rings. The van der Waals surface area contributed by atoms with Gasteiger partial charge >= 0.3 is 0 Å². The van der Waals surface area contributed by atoms with Crippen LogP contribution in [-0.4, -0.2) is 25.2 Å². The van der Waals surface area contributed by atoms with Crippen LogP contribution in [0.5, 0.6) is 0 Å². The molecule has 140 valence electrons. The van der Waals surface area contributed by atoms with Gasteiger partial charge in [-0.3, -0.25) is 14.2 Å². The summed E-state index contributed by atoms with van der Waals surface area (Å²) in [6, 6.07) is 14.6. The van der Waals surface area contributed by atoms with Crippen LogP contribution in [-0.2, 0) is 11.3 Å². The number of anilines is 1. The Bertz CT molecular complexity index is 1240. The highest BCUT2D eigenvalue weighted by Crippen LogP contribution is 2.20. The fourth-order valence-corrected chi connectivity index (χ4v) is 3.13. The van der Waals surface area contributed by atoms with Gasteiger partial charge in [0, 0.05) is 0 Å². The molecular formula is C20H16ClN5O2. The van der Waals surface area contributed by atoms with Crippen molar-refractivity contribution in [3.05, 3.63) is 82.0 Å². The summed E-state index contributed by atoms with van der Waals surface area (Å²) in [7, 11) is 0. The molecule has 0 bridgehead atoms. The number of hydrogen-bond acceptors (Lipinski definition) is 4. The second-order valence-corrected chi connectivity index (χ2v) is 6.69. The molecule has 1 amide bonds. The molecule has 0 aliphatic heterocycles. The number of para-hydroxylation sites is 2. The van der Waals surface area contributed by atoms with Crippen molar-refractivity contribution in [2.75, 3.05) is 5.32 Å². The molecule has 4 aromatic rings. The summed E-state index contributed by atoms with van der Waals surface area (Å²) in [6.45, 7) is 1.78. The zero-order chi connectivity index (χ0) is 19.7. The van der Waals surface area contributed by atoms with Crippen molar-refractivity contribution in [1.82, 2.24) is 19.3 Å². The first-order valence-electron chi connectivity index (χ1n) is 8.58. The Kier molecular flexibility index (Phi) is 4.67. The first kappa shape index (κ1) is 17.9. The number of aryl methyl sites for hydroxylation is 1. The van der Waals surface area contributed by atoms with Gasteiger partial charge in [0.05, 0.1) is 22.6 Å². The minimum Gasteiger partial charge on any atom is -0.323 e. The van der Waals surface area contributed by atoms with Gasteiger partial charge in [0.2, 0.25) is 5.91 Å². The molecule has 28 heavy (non-hydrogen) atoms. The molecule has 0 aliphatic carbocycles. The standard InChI is InChI=1S/C20H16ClN5O2/c1-13-6-2-5-9-17(13)26-19-14(10-23-26)20(28)25(12-22-19)11-18(27)24-16-8-4-3-7-15(16)21/h2-10,12H,11H2,1H3,(H,24,27). The van der Waals surface area contributed by atoms with Crippen LogP contribution in [0.25, 0.3) is 16.7 Å². The summed E-state index contributed by atoms with van der Waals surface area (Å²) in [5, 5.41) is 7.77. The van der Waals surface area contributed by atoms with Crippen LogP contribution in [0.15, 0.2) is 65.8 Å². The Morgan fingerprint density at radius 2 is 1.89 bits per heavy atom. The van der Waals surface area contributed by atoms with Crippen LogP contribution < -0.4 is 10.9 Å². The van der Waals surface area contributed by atoms with Gasteiger partial charge in [-0.2, -0.15) is 5.10 Å². The zero-order valence-electron chi connectivity index (χ0n) is 15.0. The molecule has 0 radical (unpaired) electrons. The molecule has 2 aromatic heterocycles. The number of carbonyl (C=O) groups is 1. The van der Waals surface area contributed by atoms with Crippen molar-refractivity contribution < 1.29 is 4.79 Å². The van der Waals surface area contributed by atoms with E-state index in [-0.39, 0.29) is 18.0 Å². The molecule has 8 heteroatoms. The average molecular weight is 394 g/mol. The van der Waals surface area contributed by atoms with E-state index in [1.165, 1.54) is 17.1 Å². The third kappa shape index (κ3) is 3.27. The molecule has 7 nitrogen and oxygen atoms in total. The predicted octanol–water partition coefficient (Wildman–Crippen LogP) is 3.18. The van der Waals surface area contributed by atoms with Gasteiger partial charge in [-0.1, -0.05) is 41.9 Å². The molecule has 0 saturated carbocycles. The summed E-state index contributed by atoms with van der Waals surface area (Å²) in [5.74, 6) is -0.373. The smallest absolute Gasteiger partial charge is 0.264 e. The zero-order valence-corrected chi connectivity index (χ0v) is 15.7. The minimum absolute atomic E-state index is 0.178. The number of fused-ring (bicyclic) bond motifs is 1. The number of halogens is 1. The van der Waals surface area contributed by atoms with Crippen molar-refractivity contribution in [1.29, 1.82) is 0 Å². The Morgan fingerprint density at radius 1 is 1.14 bits per heavy atom. The summed E-state index contributed by atoms with van der Waals surface area (Å²) in [5.41, 5.74) is 2.46. The monoisotopic (exact) mass is 393 g/mol. The van der Waals surface area contributed by atoms with Crippen LogP contribution in [0.3, 0.4) is 0 Å². The van der Waals surface area contributed by atoms with Gasteiger partial charge in [0.15, 0.2) is 5.65 Å². The van der Waals surface area contributed by atoms with E-state index in [1.807, 2.05) is 31.2 Å². The number of nitrogens with one attached hydrogen (secondary N) is 1. The van der Waals surface area contributed by atoms with Gasteiger partial charge in [-0.15, -0.1) is 0 Å². The highest BCUT2D eigenvalue weighted by molar-refractivity contribution is 6.33. The van der Waals surface area contributed by atoms with E-state index in [2.05, 4.69) is 15.4 Å². The predicted molar refractivity (Wildman–Crippen MR) is 108 cm³/mol. The molecule has 1 N–H and O–H groups in total. The molecule has 2 heterocycles. The van der Waals surface area contributed by atoms with Crippen molar-refractivity contribution in [2.24, 2.45) is 0 Å². The van der Waals surface area contributed by atoms with Crippen molar-refractivity contribution >= 4 is 34.2 Å².